The monoisotopic (exact) mass is 366 g/mol. The number of aryl methyl sites for hydroxylation is 1. The van der Waals surface area contributed by atoms with Gasteiger partial charge in [-0.25, -0.2) is 8.42 Å². The molecule has 24 heavy (non-hydrogen) atoms. The van der Waals surface area contributed by atoms with Crippen molar-refractivity contribution in [1.29, 1.82) is 0 Å². The maximum Gasteiger partial charge on any atom is 0.266 e. The van der Waals surface area contributed by atoms with E-state index in [1.54, 1.807) is 30.3 Å². The van der Waals surface area contributed by atoms with Crippen molar-refractivity contribution in [2.45, 2.75) is 18.2 Å². The van der Waals surface area contributed by atoms with Crippen LogP contribution in [0, 0.1) is 0 Å². The molecule has 1 heterocycles. The highest BCUT2D eigenvalue weighted by atomic mass is 35.5. The van der Waals surface area contributed by atoms with Gasteiger partial charge >= 0.3 is 0 Å². The number of fused-ring (bicyclic) bond motifs is 1. The van der Waals surface area contributed by atoms with Gasteiger partial charge in [-0.1, -0.05) is 29.7 Å². The Kier molecular flexibility index (Phi) is 4.38. The number of nitrogens with zero attached hydrogens (tertiary/aromatic N) is 1. The first-order chi connectivity index (χ1) is 11.4. The van der Waals surface area contributed by atoms with Crippen molar-refractivity contribution in [2.24, 2.45) is 0 Å². The molecule has 0 radical (unpaired) electrons. The van der Waals surface area contributed by atoms with Gasteiger partial charge in [0.05, 0.1) is 12.5 Å². The van der Waals surface area contributed by atoms with E-state index in [0.717, 1.165) is 5.56 Å². The van der Waals surface area contributed by atoms with E-state index >= 15 is 0 Å². The summed E-state index contributed by atoms with van der Waals surface area (Å²) < 4.78 is 38.3. The lowest BCUT2D eigenvalue weighted by Gasteiger charge is -2.11. The Morgan fingerprint density at radius 2 is 2.04 bits per heavy atom. The van der Waals surface area contributed by atoms with Crippen molar-refractivity contribution in [3.05, 3.63) is 47.0 Å². The summed E-state index contributed by atoms with van der Waals surface area (Å²) in [6.45, 7) is 1.94. The Labute approximate surface area is 144 Å². The minimum Gasteiger partial charge on any atom is -0.495 e. The Balaban J connectivity index is 2.06. The minimum atomic E-state index is -3.90. The van der Waals surface area contributed by atoms with Gasteiger partial charge in [-0.3, -0.25) is 4.72 Å². The first-order valence-electron chi connectivity index (χ1n) is 7.19. The van der Waals surface area contributed by atoms with Crippen molar-refractivity contribution >= 4 is 38.4 Å². The number of aromatic nitrogens is 1. The molecule has 0 unspecified atom stereocenters. The first kappa shape index (κ1) is 16.6. The third kappa shape index (κ3) is 3.05. The fraction of sp³-hybridized carbons (Fsp3) is 0.188. The standard InChI is InChI=1S/C16H15ClN2O4S/c1-3-10-4-6-14(22-2)15(8-10)24(20,21)19-16-12-9-11(17)5-7-13(12)23-18-16/h4-9H,3H2,1-2H3,(H,18,19). The Hall–Kier alpha value is -2.25. The number of nitrogens with one attached hydrogen (secondary N) is 1. The van der Waals surface area contributed by atoms with Crippen LogP contribution in [0.3, 0.4) is 0 Å². The van der Waals surface area contributed by atoms with Crippen LogP contribution in [0.15, 0.2) is 45.8 Å². The molecule has 0 saturated carbocycles. The number of ether oxygens (including phenoxy) is 1. The zero-order chi connectivity index (χ0) is 17.3. The average molecular weight is 367 g/mol. The third-order valence-electron chi connectivity index (χ3n) is 3.59. The Bertz CT molecular complexity index is 998. The topological polar surface area (TPSA) is 81.4 Å². The van der Waals surface area contributed by atoms with Crippen molar-refractivity contribution < 1.29 is 17.7 Å². The maximum absolute atomic E-state index is 12.8. The molecule has 0 saturated heterocycles. The number of hydrogen-bond donors (Lipinski definition) is 1. The molecule has 1 N–H and O–H groups in total. The molecule has 3 rings (SSSR count). The van der Waals surface area contributed by atoms with E-state index < -0.39 is 10.0 Å². The van der Waals surface area contributed by atoms with Gasteiger partial charge in [0, 0.05) is 5.02 Å². The number of hydrogen-bond acceptors (Lipinski definition) is 5. The number of sulfonamides is 1. The van der Waals surface area contributed by atoms with Gasteiger partial charge in [-0.15, -0.1) is 0 Å². The van der Waals surface area contributed by atoms with Crippen molar-refractivity contribution in [1.82, 2.24) is 5.16 Å². The molecule has 1 aromatic heterocycles. The fourth-order valence-electron chi connectivity index (χ4n) is 2.32. The summed E-state index contributed by atoms with van der Waals surface area (Å²) in [5.41, 5.74) is 1.32. The van der Waals surface area contributed by atoms with Gasteiger partial charge in [0.15, 0.2) is 11.4 Å². The third-order valence-corrected chi connectivity index (χ3v) is 5.18. The van der Waals surface area contributed by atoms with E-state index in [2.05, 4.69) is 9.88 Å². The summed E-state index contributed by atoms with van der Waals surface area (Å²) >= 11 is 5.96. The highest BCUT2D eigenvalue weighted by molar-refractivity contribution is 7.92. The van der Waals surface area contributed by atoms with E-state index in [4.69, 9.17) is 20.9 Å². The second kappa shape index (κ2) is 6.33. The number of methoxy groups -OCH3 is 1. The second-order valence-electron chi connectivity index (χ2n) is 5.12. The second-order valence-corrected chi connectivity index (χ2v) is 7.20. The van der Waals surface area contributed by atoms with E-state index in [1.807, 2.05) is 13.0 Å². The van der Waals surface area contributed by atoms with Crippen molar-refractivity contribution in [3.63, 3.8) is 0 Å². The van der Waals surface area contributed by atoms with Crippen LogP contribution in [-0.2, 0) is 16.4 Å². The largest absolute Gasteiger partial charge is 0.495 e. The van der Waals surface area contributed by atoms with Crippen LogP contribution >= 0.6 is 11.6 Å². The fourth-order valence-corrected chi connectivity index (χ4v) is 3.72. The Morgan fingerprint density at radius 3 is 2.75 bits per heavy atom. The molecule has 6 nitrogen and oxygen atoms in total. The molecule has 0 aliphatic rings. The summed E-state index contributed by atoms with van der Waals surface area (Å²) in [5, 5.41) is 4.72. The number of benzene rings is 2. The zero-order valence-electron chi connectivity index (χ0n) is 13.0. The van der Waals surface area contributed by atoms with Gasteiger partial charge in [0.1, 0.15) is 10.6 Å². The first-order valence-corrected chi connectivity index (χ1v) is 9.05. The van der Waals surface area contributed by atoms with Gasteiger partial charge in [-0.2, -0.15) is 0 Å². The lowest BCUT2D eigenvalue weighted by Crippen LogP contribution is -2.15. The van der Waals surface area contributed by atoms with Gasteiger partial charge in [-0.05, 0) is 42.3 Å². The average Bonchev–Trinajstić information content (AvgIpc) is 2.95. The summed E-state index contributed by atoms with van der Waals surface area (Å²) in [7, 11) is -2.48. The van der Waals surface area contributed by atoms with E-state index in [0.29, 0.717) is 22.4 Å². The number of halogens is 1. The highest BCUT2D eigenvalue weighted by Gasteiger charge is 2.23. The molecular formula is C16H15ClN2O4S. The normalized spacial score (nSPS) is 11.6. The molecule has 0 amide bonds. The molecule has 3 aromatic rings. The predicted octanol–water partition coefficient (Wildman–Crippen LogP) is 3.85. The molecule has 0 bridgehead atoms. The van der Waals surface area contributed by atoms with Crippen LogP contribution in [0.5, 0.6) is 5.75 Å². The smallest absolute Gasteiger partial charge is 0.266 e. The predicted molar refractivity (Wildman–Crippen MR) is 92.2 cm³/mol. The SMILES string of the molecule is CCc1ccc(OC)c(S(=O)(=O)Nc2noc3ccc(Cl)cc23)c1. The highest BCUT2D eigenvalue weighted by Crippen LogP contribution is 2.30. The van der Waals surface area contributed by atoms with Gasteiger partial charge in [0.25, 0.3) is 10.0 Å². The van der Waals surface area contributed by atoms with Crippen LogP contribution in [0.1, 0.15) is 12.5 Å². The van der Waals surface area contributed by atoms with Gasteiger partial charge < -0.3 is 9.26 Å². The van der Waals surface area contributed by atoms with Crippen LogP contribution in [-0.4, -0.2) is 20.7 Å². The number of anilines is 1. The maximum atomic E-state index is 12.8. The molecule has 2 aromatic carbocycles. The zero-order valence-corrected chi connectivity index (χ0v) is 14.6. The van der Waals surface area contributed by atoms with Crippen molar-refractivity contribution in [3.8, 4) is 5.75 Å². The van der Waals surface area contributed by atoms with Crippen LogP contribution in [0.25, 0.3) is 11.0 Å². The molecule has 0 spiro atoms. The van der Waals surface area contributed by atoms with E-state index in [9.17, 15) is 8.42 Å². The molecule has 0 fully saturated rings. The lowest BCUT2D eigenvalue weighted by molar-refractivity contribution is 0.402. The van der Waals surface area contributed by atoms with E-state index in [1.165, 1.54) is 7.11 Å². The molecule has 8 heteroatoms. The summed E-state index contributed by atoms with van der Waals surface area (Å²) in [6.07, 6.45) is 0.703. The molecule has 126 valence electrons. The van der Waals surface area contributed by atoms with Crippen LogP contribution in [0.4, 0.5) is 5.82 Å². The lowest BCUT2D eigenvalue weighted by atomic mass is 10.2. The minimum absolute atomic E-state index is 0.0440. The number of rotatable bonds is 5. The summed E-state index contributed by atoms with van der Waals surface area (Å²) in [6, 6.07) is 9.89. The van der Waals surface area contributed by atoms with Gasteiger partial charge in [0.2, 0.25) is 0 Å². The molecule has 0 aliphatic carbocycles. The summed E-state index contributed by atoms with van der Waals surface area (Å²) in [4.78, 5) is 0.0440. The molecule has 0 atom stereocenters. The van der Waals surface area contributed by atoms with Crippen LogP contribution in [0.2, 0.25) is 5.02 Å². The van der Waals surface area contributed by atoms with E-state index in [-0.39, 0.29) is 16.5 Å². The quantitative estimate of drug-likeness (QED) is 0.741. The van der Waals surface area contributed by atoms with Crippen molar-refractivity contribution in [2.75, 3.05) is 11.8 Å². The molecule has 0 aliphatic heterocycles. The summed E-state index contributed by atoms with van der Waals surface area (Å²) in [5.74, 6) is 0.335. The van der Waals surface area contributed by atoms with Crippen LogP contribution < -0.4 is 9.46 Å². The Morgan fingerprint density at radius 1 is 1.25 bits per heavy atom. The molecular weight excluding hydrogens is 352 g/mol.